The molecule has 2 saturated carbocycles. The Hall–Kier alpha value is -1.30. The molecule has 0 aromatic carbocycles. The molecule has 6 nitrogen and oxygen atoms in total. The SMILES string of the molecule is CCOC1CC(NC(=NC)NCCNC(=O)C(C)(C)C)C12CCCC2. The van der Waals surface area contributed by atoms with Crippen LogP contribution in [0.5, 0.6) is 0 Å². The summed E-state index contributed by atoms with van der Waals surface area (Å²) in [6, 6.07) is 0.432. The van der Waals surface area contributed by atoms with Crippen molar-refractivity contribution in [1.29, 1.82) is 0 Å². The smallest absolute Gasteiger partial charge is 0.225 e. The minimum atomic E-state index is -0.352. The number of guanidine groups is 1. The number of carbonyl (C=O) groups excluding carboxylic acids is 1. The molecular weight excluding hydrogens is 316 g/mol. The van der Waals surface area contributed by atoms with E-state index in [9.17, 15) is 4.79 Å². The molecule has 0 saturated heterocycles. The Bertz CT molecular complexity index is 478. The molecule has 2 fully saturated rings. The molecule has 0 heterocycles. The number of ether oxygens (including phenoxy) is 1. The molecule has 2 unspecified atom stereocenters. The number of nitrogens with one attached hydrogen (secondary N) is 3. The zero-order chi connectivity index (χ0) is 18.5. The molecule has 0 aliphatic heterocycles. The second-order valence-corrected chi connectivity index (χ2v) is 8.32. The molecule has 2 aliphatic carbocycles. The zero-order valence-corrected chi connectivity index (χ0v) is 16.6. The van der Waals surface area contributed by atoms with E-state index in [4.69, 9.17) is 4.74 Å². The first-order chi connectivity index (χ1) is 11.8. The van der Waals surface area contributed by atoms with Crippen LogP contribution in [0.4, 0.5) is 0 Å². The van der Waals surface area contributed by atoms with Gasteiger partial charge in [0, 0.05) is 43.6 Å². The van der Waals surface area contributed by atoms with Crippen molar-refractivity contribution in [2.45, 2.75) is 71.9 Å². The van der Waals surface area contributed by atoms with Crippen molar-refractivity contribution in [3.63, 3.8) is 0 Å². The molecule has 2 rings (SSSR count). The van der Waals surface area contributed by atoms with Crippen molar-refractivity contribution < 1.29 is 9.53 Å². The van der Waals surface area contributed by atoms with E-state index < -0.39 is 0 Å². The molecule has 2 aliphatic rings. The van der Waals surface area contributed by atoms with Crippen molar-refractivity contribution >= 4 is 11.9 Å². The summed E-state index contributed by atoms with van der Waals surface area (Å²) in [6.07, 6.45) is 6.53. The molecule has 0 aromatic heterocycles. The highest BCUT2D eigenvalue weighted by Crippen LogP contribution is 2.54. The first-order valence-corrected chi connectivity index (χ1v) is 9.70. The average molecular weight is 353 g/mol. The first kappa shape index (κ1) is 20.0. The van der Waals surface area contributed by atoms with E-state index in [0.29, 0.717) is 25.2 Å². The molecule has 3 N–H and O–H groups in total. The predicted molar refractivity (Wildman–Crippen MR) is 102 cm³/mol. The summed E-state index contributed by atoms with van der Waals surface area (Å²) in [5.74, 6) is 0.886. The van der Waals surface area contributed by atoms with Gasteiger partial charge in [-0.3, -0.25) is 9.79 Å². The van der Waals surface area contributed by atoms with Crippen LogP contribution in [0.1, 0.15) is 59.8 Å². The number of rotatable bonds is 6. The highest BCUT2D eigenvalue weighted by Gasteiger charge is 2.56. The van der Waals surface area contributed by atoms with Gasteiger partial charge in [-0.25, -0.2) is 0 Å². The Morgan fingerprint density at radius 1 is 1.20 bits per heavy atom. The van der Waals surface area contributed by atoms with Crippen molar-refractivity contribution in [2.75, 3.05) is 26.7 Å². The van der Waals surface area contributed by atoms with Crippen molar-refractivity contribution in [1.82, 2.24) is 16.0 Å². The lowest BCUT2D eigenvalue weighted by molar-refractivity contribution is -0.128. The minimum absolute atomic E-state index is 0.0701. The van der Waals surface area contributed by atoms with Crippen LogP contribution in [0, 0.1) is 10.8 Å². The standard InChI is InChI=1S/C19H36N4O2/c1-6-25-15-13-14(19(15)9-7-8-10-19)23-17(20-5)22-12-11-21-16(24)18(2,3)4/h14-15H,6-13H2,1-5H3,(H,21,24)(H2,20,22,23). The summed E-state index contributed by atoms with van der Waals surface area (Å²) >= 11 is 0. The average Bonchev–Trinajstić information content (AvgIpc) is 3.07. The van der Waals surface area contributed by atoms with Gasteiger partial charge in [-0.05, 0) is 26.2 Å². The van der Waals surface area contributed by atoms with Gasteiger partial charge in [0.1, 0.15) is 0 Å². The molecule has 1 amide bonds. The van der Waals surface area contributed by atoms with Crippen LogP contribution in [-0.4, -0.2) is 50.8 Å². The van der Waals surface area contributed by atoms with Gasteiger partial charge in [-0.1, -0.05) is 33.6 Å². The molecule has 2 atom stereocenters. The van der Waals surface area contributed by atoms with E-state index in [2.05, 4.69) is 27.9 Å². The normalized spacial score (nSPS) is 25.6. The van der Waals surface area contributed by atoms with Crippen LogP contribution in [0.2, 0.25) is 0 Å². The van der Waals surface area contributed by atoms with Gasteiger partial charge in [0.2, 0.25) is 5.91 Å². The number of carbonyl (C=O) groups is 1. The Kier molecular flexibility index (Phi) is 6.72. The molecule has 6 heteroatoms. The molecule has 1 spiro atoms. The Balaban J connectivity index is 1.78. The maximum atomic E-state index is 11.9. The fourth-order valence-corrected chi connectivity index (χ4v) is 4.07. The van der Waals surface area contributed by atoms with Crippen LogP contribution in [0.15, 0.2) is 4.99 Å². The van der Waals surface area contributed by atoms with Crippen molar-refractivity contribution in [2.24, 2.45) is 15.8 Å². The van der Waals surface area contributed by atoms with Crippen LogP contribution in [0.25, 0.3) is 0 Å². The number of hydrogen-bond acceptors (Lipinski definition) is 3. The molecule has 0 bridgehead atoms. The van der Waals surface area contributed by atoms with Crippen LogP contribution in [0.3, 0.4) is 0 Å². The number of amides is 1. The van der Waals surface area contributed by atoms with E-state index in [0.717, 1.165) is 19.0 Å². The highest BCUT2D eigenvalue weighted by molar-refractivity contribution is 5.82. The fraction of sp³-hybridized carbons (Fsp3) is 0.895. The van der Waals surface area contributed by atoms with Crippen molar-refractivity contribution in [3.8, 4) is 0 Å². The lowest BCUT2D eigenvalue weighted by Gasteiger charge is -2.54. The quantitative estimate of drug-likeness (QED) is 0.389. The van der Waals surface area contributed by atoms with Crippen molar-refractivity contribution in [3.05, 3.63) is 0 Å². The van der Waals surface area contributed by atoms with Gasteiger partial charge in [0.25, 0.3) is 0 Å². The van der Waals surface area contributed by atoms with E-state index in [1.807, 2.05) is 20.8 Å². The maximum Gasteiger partial charge on any atom is 0.225 e. The van der Waals surface area contributed by atoms with E-state index in [-0.39, 0.29) is 16.7 Å². The number of hydrogen-bond donors (Lipinski definition) is 3. The third kappa shape index (κ3) is 4.66. The summed E-state index contributed by atoms with van der Waals surface area (Å²) in [7, 11) is 1.79. The predicted octanol–water partition coefficient (Wildman–Crippen LogP) is 2.05. The Labute approximate surface area is 152 Å². The molecular formula is C19H36N4O2. The Morgan fingerprint density at radius 2 is 1.84 bits per heavy atom. The van der Waals surface area contributed by atoms with Crippen LogP contribution >= 0.6 is 0 Å². The highest BCUT2D eigenvalue weighted by atomic mass is 16.5. The number of nitrogens with zero attached hydrogens (tertiary/aromatic N) is 1. The minimum Gasteiger partial charge on any atom is -0.378 e. The third-order valence-electron chi connectivity index (χ3n) is 5.61. The van der Waals surface area contributed by atoms with E-state index >= 15 is 0 Å². The summed E-state index contributed by atoms with van der Waals surface area (Å²) in [5.41, 5.74) is -0.0664. The largest absolute Gasteiger partial charge is 0.378 e. The molecule has 0 aromatic rings. The Morgan fingerprint density at radius 3 is 2.40 bits per heavy atom. The lowest BCUT2D eigenvalue weighted by atomic mass is 9.60. The summed E-state index contributed by atoms with van der Waals surface area (Å²) < 4.78 is 5.97. The third-order valence-corrected chi connectivity index (χ3v) is 5.61. The monoisotopic (exact) mass is 352 g/mol. The topological polar surface area (TPSA) is 74.8 Å². The van der Waals surface area contributed by atoms with E-state index in [1.54, 1.807) is 7.05 Å². The van der Waals surface area contributed by atoms with Gasteiger partial charge in [0.15, 0.2) is 5.96 Å². The number of aliphatic imine (C=N–C) groups is 1. The van der Waals surface area contributed by atoms with Gasteiger partial charge >= 0.3 is 0 Å². The maximum absolute atomic E-state index is 11.9. The lowest BCUT2D eigenvalue weighted by Crippen LogP contribution is -2.65. The first-order valence-electron chi connectivity index (χ1n) is 9.70. The molecule has 144 valence electrons. The van der Waals surface area contributed by atoms with Crippen LogP contribution in [-0.2, 0) is 9.53 Å². The van der Waals surface area contributed by atoms with E-state index in [1.165, 1.54) is 25.7 Å². The summed E-state index contributed by atoms with van der Waals surface area (Å²) in [4.78, 5) is 16.2. The van der Waals surface area contributed by atoms with Gasteiger partial charge < -0.3 is 20.7 Å². The molecule has 0 radical (unpaired) electrons. The van der Waals surface area contributed by atoms with Gasteiger partial charge in [-0.2, -0.15) is 0 Å². The zero-order valence-electron chi connectivity index (χ0n) is 16.6. The molecule has 25 heavy (non-hydrogen) atoms. The second-order valence-electron chi connectivity index (χ2n) is 8.32. The summed E-state index contributed by atoms with van der Waals surface area (Å²) in [6.45, 7) is 9.88. The second kappa shape index (κ2) is 8.39. The van der Waals surface area contributed by atoms with Gasteiger partial charge in [-0.15, -0.1) is 0 Å². The van der Waals surface area contributed by atoms with Gasteiger partial charge in [0.05, 0.1) is 6.10 Å². The summed E-state index contributed by atoms with van der Waals surface area (Å²) in [5, 5.41) is 9.85. The van der Waals surface area contributed by atoms with Crippen LogP contribution < -0.4 is 16.0 Å². The fourth-order valence-electron chi connectivity index (χ4n) is 4.07.